The van der Waals surface area contributed by atoms with E-state index in [4.69, 9.17) is 0 Å². The zero-order valence-electron chi connectivity index (χ0n) is 13.3. The first-order chi connectivity index (χ1) is 10.4. The van der Waals surface area contributed by atoms with Gasteiger partial charge in [-0.2, -0.15) is 0 Å². The maximum Gasteiger partial charge on any atom is 0.319 e. The van der Waals surface area contributed by atoms with Crippen molar-refractivity contribution in [1.82, 2.24) is 15.1 Å². The molecule has 3 amide bonds. The molecule has 1 fully saturated rings. The van der Waals surface area contributed by atoms with Gasteiger partial charge in [0, 0.05) is 33.2 Å². The van der Waals surface area contributed by atoms with E-state index < -0.39 is 0 Å². The zero-order chi connectivity index (χ0) is 16.3. The van der Waals surface area contributed by atoms with Gasteiger partial charge in [0.05, 0.1) is 5.56 Å². The standard InChI is InChI=1S/C16H23N3O3/c1-4-11-5-6-14(20)13(9-11)15(21)17-12-7-8-19(10-12)16(22)18(2)3/h5-6,9,12,20H,4,7-8,10H2,1-3H3,(H,17,21). The van der Waals surface area contributed by atoms with Crippen LogP contribution in [0.5, 0.6) is 5.75 Å². The summed E-state index contributed by atoms with van der Waals surface area (Å²) < 4.78 is 0. The van der Waals surface area contributed by atoms with Crippen molar-refractivity contribution in [3.8, 4) is 5.75 Å². The van der Waals surface area contributed by atoms with Crippen molar-refractivity contribution in [3.63, 3.8) is 0 Å². The minimum absolute atomic E-state index is 0.0195. The third-order valence-electron chi connectivity index (χ3n) is 3.89. The molecule has 0 aliphatic carbocycles. The third-order valence-corrected chi connectivity index (χ3v) is 3.89. The van der Waals surface area contributed by atoms with Crippen molar-refractivity contribution in [2.24, 2.45) is 0 Å². The number of amides is 3. The van der Waals surface area contributed by atoms with Gasteiger partial charge in [-0.15, -0.1) is 0 Å². The van der Waals surface area contributed by atoms with Crippen molar-refractivity contribution < 1.29 is 14.7 Å². The van der Waals surface area contributed by atoms with Crippen molar-refractivity contribution in [3.05, 3.63) is 29.3 Å². The number of urea groups is 1. The van der Waals surface area contributed by atoms with E-state index in [0.29, 0.717) is 13.1 Å². The van der Waals surface area contributed by atoms with Crippen LogP contribution in [0.25, 0.3) is 0 Å². The molecular formula is C16H23N3O3. The van der Waals surface area contributed by atoms with E-state index in [9.17, 15) is 14.7 Å². The first kappa shape index (κ1) is 16.1. The minimum atomic E-state index is -0.294. The highest BCUT2D eigenvalue weighted by molar-refractivity contribution is 5.97. The van der Waals surface area contributed by atoms with Gasteiger partial charge >= 0.3 is 6.03 Å². The molecule has 0 spiro atoms. The number of rotatable bonds is 3. The lowest BCUT2D eigenvalue weighted by molar-refractivity contribution is 0.0934. The highest BCUT2D eigenvalue weighted by Gasteiger charge is 2.28. The molecule has 0 saturated carbocycles. The molecule has 1 atom stereocenters. The molecule has 0 bridgehead atoms. The molecule has 2 N–H and O–H groups in total. The van der Waals surface area contributed by atoms with E-state index in [0.717, 1.165) is 18.4 Å². The topological polar surface area (TPSA) is 72.9 Å². The number of phenolic OH excluding ortho intramolecular Hbond substituents is 1. The summed E-state index contributed by atoms with van der Waals surface area (Å²) in [5, 5.41) is 12.8. The van der Waals surface area contributed by atoms with Gasteiger partial charge in [-0.1, -0.05) is 13.0 Å². The number of hydrogen-bond acceptors (Lipinski definition) is 3. The predicted molar refractivity (Wildman–Crippen MR) is 84.0 cm³/mol. The van der Waals surface area contributed by atoms with Crippen LogP contribution in [0.1, 0.15) is 29.3 Å². The van der Waals surface area contributed by atoms with Crippen LogP contribution in [0.15, 0.2) is 18.2 Å². The van der Waals surface area contributed by atoms with Gasteiger partial charge in [0.2, 0.25) is 0 Å². The van der Waals surface area contributed by atoms with Crippen LogP contribution in [0.2, 0.25) is 0 Å². The first-order valence-electron chi connectivity index (χ1n) is 7.51. The average molecular weight is 305 g/mol. The molecule has 1 aliphatic rings. The van der Waals surface area contributed by atoms with Crippen LogP contribution in [0.4, 0.5) is 4.79 Å². The summed E-state index contributed by atoms with van der Waals surface area (Å²) in [6.07, 6.45) is 1.52. The van der Waals surface area contributed by atoms with Crippen molar-refractivity contribution in [2.45, 2.75) is 25.8 Å². The van der Waals surface area contributed by atoms with E-state index in [2.05, 4.69) is 5.32 Å². The third kappa shape index (κ3) is 3.50. The largest absolute Gasteiger partial charge is 0.507 e. The van der Waals surface area contributed by atoms with E-state index in [-0.39, 0.29) is 29.3 Å². The number of nitrogens with zero attached hydrogens (tertiary/aromatic N) is 2. The lowest BCUT2D eigenvalue weighted by atomic mass is 10.1. The summed E-state index contributed by atoms with van der Waals surface area (Å²) in [5.74, 6) is -0.314. The number of aryl methyl sites for hydroxylation is 1. The summed E-state index contributed by atoms with van der Waals surface area (Å²) in [5.41, 5.74) is 1.29. The van der Waals surface area contributed by atoms with E-state index in [1.807, 2.05) is 6.92 Å². The average Bonchev–Trinajstić information content (AvgIpc) is 2.95. The summed E-state index contributed by atoms with van der Waals surface area (Å²) in [6, 6.07) is 4.93. The number of aromatic hydroxyl groups is 1. The molecule has 6 nitrogen and oxygen atoms in total. The van der Waals surface area contributed by atoms with E-state index in [1.165, 1.54) is 4.90 Å². The summed E-state index contributed by atoms with van der Waals surface area (Å²) in [7, 11) is 3.42. The van der Waals surface area contributed by atoms with Crippen LogP contribution in [-0.2, 0) is 6.42 Å². The van der Waals surface area contributed by atoms with Gasteiger partial charge in [-0.05, 0) is 30.5 Å². The lowest BCUT2D eigenvalue weighted by Crippen LogP contribution is -2.41. The zero-order valence-corrected chi connectivity index (χ0v) is 13.3. The Kier molecular flexibility index (Phi) is 4.90. The van der Waals surface area contributed by atoms with Crippen LogP contribution >= 0.6 is 0 Å². The van der Waals surface area contributed by atoms with Gasteiger partial charge in [0.25, 0.3) is 5.91 Å². The van der Waals surface area contributed by atoms with Gasteiger partial charge in [-0.3, -0.25) is 4.79 Å². The number of phenols is 1. The quantitative estimate of drug-likeness (QED) is 0.887. The van der Waals surface area contributed by atoms with Gasteiger partial charge in [-0.25, -0.2) is 4.79 Å². The molecule has 1 aliphatic heterocycles. The second-order valence-electron chi connectivity index (χ2n) is 5.79. The van der Waals surface area contributed by atoms with E-state index in [1.54, 1.807) is 37.2 Å². The molecule has 1 heterocycles. The monoisotopic (exact) mass is 305 g/mol. The molecule has 0 radical (unpaired) electrons. The SMILES string of the molecule is CCc1ccc(O)c(C(=O)NC2CCN(C(=O)N(C)C)C2)c1. The maximum absolute atomic E-state index is 12.3. The summed E-state index contributed by atoms with van der Waals surface area (Å²) in [6.45, 7) is 3.12. The Hall–Kier alpha value is -2.24. The molecule has 6 heteroatoms. The van der Waals surface area contributed by atoms with Crippen LogP contribution < -0.4 is 5.32 Å². The van der Waals surface area contributed by atoms with Crippen LogP contribution in [0, 0.1) is 0 Å². The van der Waals surface area contributed by atoms with Crippen molar-refractivity contribution in [2.75, 3.05) is 27.2 Å². The maximum atomic E-state index is 12.3. The van der Waals surface area contributed by atoms with Gasteiger partial charge in [0.15, 0.2) is 0 Å². The summed E-state index contributed by atoms with van der Waals surface area (Å²) in [4.78, 5) is 27.4. The summed E-state index contributed by atoms with van der Waals surface area (Å²) >= 11 is 0. The number of carbonyl (C=O) groups excluding carboxylic acids is 2. The Balaban J connectivity index is 2.00. The second-order valence-corrected chi connectivity index (χ2v) is 5.79. The molecule has 2 rings (SSSR count). The smallest absolute Gasteiger partial charge is 0.319 e. The fraction of sp³-hybridized carbons (Fsp3) is 0.500. The Morgan fingerprint density at radius 1 is 1.41 bits per heavy atom. The lowest BCUT2D eigenvalue weighted by Gasteiger charge is -2.21. The van der Waals surface area contributed by atoms with E-state index >= 15 is 0 Å². The number of nitrogens with one attached hydrogen (secondary N) is 1. The number of hydrogen-bond donors (Lipinski definition) is 2. The Bertz CT molecular complexity index is 572. The van der Waals surface area contributed by atoms with Crippen molar-refractivity contribution in [1.29, 1.82) is 0 Å². The molecule has 1 aromatic rings. The number of carbonyl (C=O) groups is 2. The van der Waals surface area contributed by atoms with Crippen LogP contribution in [0.3, 0.4) is 0 Å². The molecule has 1 unspecified atom stereocenters. The number of benzene rings is 1. The fourth-order valence-corrected chi connectivity index (χ4v) is 2.58. The van der Waals surface area contributed by atoms with Gasteiger partial charge < -0.3 is 20.2 Å². The van der Waals surface area contributed by atoms with Gasteiger partial charge in [0.1, 0.15) is 5.75 Å². The highest BCUT2D eigenvalue weighted by atomic mass is 16.3. The molecule has 1 aromatic carbocycles. The van der Waals surface area contributed by atoms with Crippen LogP contribution in [-0.4, -0.2) is 60.1 Å². The minimum Gasteiger partial charge on any atom is -0.507 e. The Labute approximate surface area is 130 Å². The second kappa shape index (κ2) is 6.68. The Morgan fingerprint density at radius 2 is 2.14 bits per heavy atom. The normalized spacial score (nSPS) is 17.4. The molecular weight excluding hydrogens is 282 g/mol. The molecule has 0 aromatic heterocycles. The highest BCUT2D eigenvalue weighted by Crippen LogP contribution is 2.20. The molecule has 120 valence electrons. The molecule has 1 saturated heterocycles. The fourth-order valence-electron chi connectivity index (χ4n) is 2.58. The Morgan fingerprint density at radius 3 is 2.77 bits per heavy atom. The predicted octanol–water partition coefficient (Wildman–Crippen LogP) is 1.44. The number of likely N-dealkylation sites (tertiary alicyclic amines) is 1. The first-order valence-corrected chi connectivity index (χ1v) is 7.51. The molecule has 22 heavy (non-hydrogen) atoms. The van der Waals surface area contributed by atoms with Crippen molar-refractivity contribution >= 4 is 11.9 Å².